The van der Waals surface area contributed by atoms with Crippen molar-refractivity contribution in [1.82, 2.24) is 5.32 Å². The van der Waals surface area contributed by atoms with Crippen molar-refractivity contribution in [2.45, 2.75) is 32.2 Å². The van der Waals surface area contributed by atoms with E-state index in [4.69, 9.17) is 11.6 Å². The maximum Gasteiger partial charge on any atom is 0.0440 e. The minimum Gasteiger partial charge on any atom is -0.313 e. The molecule has 2 aromatic rings. The molecule has 0 aliphatic heterocycles. The second-order valence-corrected chi connectivity index (χ2v) is 5.65. The van der Waals surface area contributed by atoms with E-state index in [2.05, 4.69) is 54.7 Å². The second kappa shape index (κ2) is 7.47. The average molecular weight is 288 g/mol. The molecular weight excluding hydrogens is 266 g/mol. The third kappa shape index (κ3) is 4.09. The highest BCUT2D eigenvalue weighted by Gasteiger charge is 2.09. The molecule has 2 heteroatoms. The first-order valence-electron chi connectivity index (χ1n) is 7.18. The summed E-state index contributed by atoms with van der Waals surface area (Å²) in [4.78, 5) is 0. The Kier molecular flexibility index (Phi) is 5.63. The number of hydrogen-bond acceptors (Lipinski definition) is 1. The van der Waals surface area contributed by atoms with Crippen LogP contribution in [0.2, 0.25) is 5.02 Å². The van der Waals surface area contributed by atoms with E-state index in [0.717, 1.165) is 24.3 Å². The van der Waals surface area contributed by atoms with Gasteiger partial charge in [0.15, 0.2) is 0 Å². The summed E-state index contributed by atoms with van der Waals surface area (Å²) in [6, 6.07) is 17.3. The van der Waals surface area contributed by atoms with Crippen molar-refractivity contribution in [3.63, 3.8) is 0 Å². The molecule has 0 saturated heterocycles. The van der Waals surface area contributed by atoms with Gasteiger partial charge in [-0.05, 0) is 56.0 Å². The van der Waals surface area contributed by atoms with E-state index in [-0.39, 0.29) is 0 Å². The van der Waals surface area contributed by atoms with E-state index in [0.29, 0.717) is 6.04 Å². The molecule has 0 radical (unpaired) electrons. The Morgan fingerprint density at radius 2 is 1.85 bits per heavy atom. The third-order valence-electron chi connectivity index (χ3n) is 3.70. The number of halogens is 1. The number of aryl methyl sites for hydroxylation is 2. The molecule has 2 rings (SSSR count). The molecule has 0 amide bonds. The highest BCUT2D eigenvalue weighted by atomic mass is 35.5. The van der Waals surface area contributed by atoms with Gasteiger partial charge in [0.05, 0.1) is 0 Å². The van der Waals surface area contributed by atoms with Crippen molar-refractivity contribution in [3.05, 3.63) is 70.2 Å². The van der Waals surface area contributed by atoms with Crippen LogP contribution in [0, 0.1) is 6.92 Å². The minimum atomic E-state index is 0.417. The Morgan fingerprint density at radius 3 is 2.50 bits per heavy atom. The predicted molar refractivity (Wildman–Crippen MR) is 87.4 cm³/mol. The Bertz CT molecular complexity index is 536. The molecule has 0 aromatic heterocycles. The van der Waals surface area contributed by atoms with Gasteiger partial charge in [-0.25, -0.2) is 0 Å². The van der Waals surface area contributed by atoms with Gasteiger partial charge in [0.1, 0.15) is 0 Å². The molecule has 1 N–H and O–H groups in total. The summed E-state index contributed by atoms with van der Waals surface area (Å²) in [5, 5.41) is 4.29. The molecule has 2 aromatic carbocycles. The van der Waals surface area contributed by atoms with Gasteiger partial charge in [-0.1, -0.05) is 54.1 Å². The van der Waals surface area contributed by atoms with Gasteiger partial charge in [-0.3, -0.25) is 0 Å². The van der Waals surface area contributed by atoms with Crippen molar-refractivity contribution in [2.75, 3.05) is 7.05 Å². The van der Waals surface area contributed by atoms with Crippen molar-refractivity contribution < 1.29 is 0 Å². The fourth-order valence-corrected chi connectivity index (χ4v) is 2.84. The van der Waals surface area contributed by atoms with Crippen molar-refractivity contribution in [2.24, 2.45) is 0 Å². The lowest BCUT2D eigenvalue weighted by Gasteiger charge is -2.16. The van der Waals surface area contributed by atoms with E-state index >= 15 is 0 Å². The molecule has 1 nitrogen and oxygen atoms in total. The monoisotopic (exact) mass is 287 g/mol. The van der Waals surface area contributed by atoms with Gasteiger partial charge < -0.3 is 5.32 Å². The van der Waals surface area contributed by atoms with Crippen LogP contribution in [0.3, 0.4) is 0 Å². The summed E-state index contributed by atoms with van der Waals surface area (Å²) >= 11 is 6.28. The van der Waals surface area contributed by atoms with Crippen molar-refractivity contribution in [3.8, 4) is 0 Å². The maximum absolute atomic E-state index is 6.28. The third-order valence-corrected chi connectivity index (χ3v) is 4.05. The number of hydrogen-bond donors (Lipinski definition) is 1. The van der Waals surface area contributed by atoms with E-state index in [9.17, 15) is 0 Å². The SMILES string of the molecule is CNC(CCCc1ccc(C)cc1Cl)c1ccccc1. The topological polar surface area (TPSA) is 12.0 Å². The summed E-state index contributed by atoms with van der Waals surface area (Å²) < 4.78 is 0. The zero-order valence-corrected chi connectivity index (χ0v) is 13.0. The number of rotatable bonds is 6. The van der Waals surface area contributed by atoms with E-state index < -0.39 is 0 Å². The molecular formula is C18H22ClN. The molecule has 106 valence electrons. The molecule has 0 spiro atoms. The molecule has 20 heavy (non-hydrogen) atoms. The molecule has 0 heterocycles. The van der Waals surface area contributed by atoms with Crippen LogP contribution >= 0.6 is 11.6 Å². The predicted octanol–water partition coefficient (Wildman–Crippen LogP) is 4.93. The first-order chi connectivity index (χ1) is 9.70. The fourth-order valence-electron chi connectivity index (χ4n) is 2.51. The summed E-state index contributed by atoms with van der Waals surface area (Å²) in [5.41, 5.74) is 3.82. The molecule has 0 fully saturated rings. The zero-order valence-electron chi connectivity index (χ0n) is 12.2. The van der Waals surface area contributed by atoms with Crippen molar-refractivity contribution in [1.29, 1.82) is 0 Å². The van der Waals surface area contributed by atoms with Crippen LogP contribution in [0.1, 0.15) is 35.6 Å². The first kappa shape index (κ1) is 15.1. The highest BCUT2D eigenvalue weighted by molar-refractivity contribution is 6.31. The van der Waals surface area contributed by atoms with Crippen molar-refractivity contribution >= 4 is 11.6 Å². The normalized spacial score (nSPS) is 12.3. The van der Waals surface area contributed by atoms with Gasteiger partial charge in [0, 0.05) is 11.1 Å². The number of benzene rings is 2. The van der Waals surface area contributed by atoms with Crippen LogP contribution in [0.4, 0.5) is 0 Å². The van der Waals surface area contributed by atoms with Crippen LogP contribution in [0.25, 0.3) is 0 Å². The number of nitrogens with one attached hydrogen (secondary N) is 1. The standard InChI is InChI=1S/C18H22ClN/c1-14-11-12-15(17(19)13-14)9-6-10-18(20-2)16-7-4-3-5-8-16/h3-5,7-8,11-13,18,20H,6,9-10H2,1-2H3. The second-order valence-electron chi connectivity index (χ2n) is 5.24. The lowest BCUT2D eigenvalue weighted by atomic mass is 9.99. The largest absolute Gasteiger partial charge is 0.313 e. The van der Waals surface area contributed by atoms with Gasteiger partial charge >= 0.3 is 0 Å². The van der Waals surface area contributed by atoms with Crippen LogP contribution in [0.15, 0.2) is 48.5 Å². The molecule has 0 bridgehead atoms. The minimum absolute atomic E-state index is 0.417. The van der Waals surface area contributed by atoms with Crippen LogP contribution in [-0.4, -0.2) is 7.05 Å². The zero-order chi connectivity index (χ0) is 14.4. The van der Waals surface area contributed by atoms with Crippen LogP contribution in [-0.2, 0) is 6.42 Å². The average Bonchev–Trinajstić information content (AvgIpc) is 2.46. The first-order valence-corrected chi connectivity index (χ1v) is 7.55. The smallest absolute Gasteiger partial charge is 0.0440 e. The Balaban J connectivity index is 1.91. The Hall–Kier alpha value is -1.31. The quantitative estimate of drug-likeness (QED) is 0.794. The van der Waals surface area contributed by atoms with E-state index in [1.165, 1.54) is 16.7 Å². The van der Waals surface area contributed by atoms with Gasteiger partial charge in [0.2, 0.25) is 0 Å². The molecule has 0 aliphatic carbocycles. The highest BCUT2D eigenvalue weighted by Crippen LogP contribution is 2.23. The Morgan fingerprint density at radius 1 is 1.10 bits per heavy atom. The molecule has 0 saturated carbocycles. The van der Waals surface area contributed by atoms with E-state index in [1.807, 2.05) is 13.1 Å². The molecule has 1 atom stereocenters. The summed E-state index contributed by atoms with van der Waals surface area (Å²) in [7, 11) is 2.02. The van der Waals surface area contributed by atoms with Crippen LogP contribution in [0.5, 0.6) is 0 Å². The van der Waals surface area contributed by atoms with Crippen LogP contribution < -0.4 is 5.32 Å². The summed E-state index contributed by atoms with van der Waals surface area (Å²) in [5.74, 6) is 0. The van der Waals surface area contributed by atoms with E-state index in [1.54, 1.807) is 0 Å². The van der Waals surface area contributed by atoms with Gasteiger partial charge in [-0.15, -0.1) is 0 Å². The maximum atomic E-state index is 6.28. The van der Waals surface area contributed by atoms with Gasteiger partial charge in [-0.2, -0.15) is 0 Å². The molecule has 0 aliphatic rings. The summed E-state index contributed by atoms with van der Waals surface area (Å²) in [6.07, 6.45) is 3.28. The lowest BCUT2D eigenvalue weighted by molar-refractivity contribution is 0.527. The Labute approximate surface area is 127 Å². The fraction of sp³-hybridized carbons (Fsp3) is 0.333. The summed E-state index contributed by atoms with van der Waals surface area (Å²) in [6.45, 7) is 2.07. The molecule has 1 unspecified atom stereocenters. The van der Waals surface area contributed by atoms with Gasteiger partial charge in [0.25, 0.3) is 0 Å². The lowest BCUT2D eigenvalue weighted by Crippen LogP contribution is -2.16.